The lowest BCUT2D eigenvalue weighted by atomic mass is 10.2. The quantitative estimate of drug-likeness (QED) is 0.845. The summed E-state index contributed by atoms with van der Waals surface area (Å²) in [6.07, 6.45) is 0. The molecule has 0 radical (unpaired) electrons. The largest absolute Gasteiger partial charge is 0.488 e. The second kappa shape index (κ2) is 4.94. The summed E-state index contributed by atoms with van der Waals surface area (Å²) in [6, 6.07) is 7.52. The molecule has 0 bridgehead atoms. The summed E-state index contributed by atoms with van der Waals surface area (Å²) in [5.41, 5.74) is -0.224. The van der Waals surface area contributed by atoms with E-state index in [9.17, 15) is 0 Å². The number of rotatable bonds is 3. The monoisotopic (exact) mass is 264 g/mol. The van der Waals surface area contributed by atoms with Crippen molar-refractivity contribution in [3.63, 3.8) is 0 Å². The zero-order valence-electron chi connectivity index (χ0n) is 10.9. The van der Waals surface area contributed by atoms with Gasteiger partial charge in [0.15, 0.2) is 0 Å². The third-order valence-electron chi connectivity index (χ3n) is 1.94. The maximum absolute atomic E-state index is 5.77. The summed E-state index contributed by atoms with van der Waals surface area (Å²) >= 11 is 1.24. The summed E-state index contributed by atoms with van der Waals surface area (Å²) < 4.78 is 15.5. The fourth-order valence-corrected chi connectivity index (χ4v) is 1.93. The van der Waals surface area contributed by atoms with Gasteiger partial charge in [-0.05, 0) is 39.8 Å². The Morgan fingerprint density at radius 3 is 2.50 bits per heavy atom. The van der Waals surface area contributed by atoms with E-state index in [4.69, 9.17) is 9.47 Å². The van der Waals surface area contributed by atoms with Gasteiger partial charge in [-0.15, -0.1) is 0 Å². The first-order chi connectivity index (χ1) is 8.42. The van der Waals surface area contributed by atoms with Gasteiger partial charge in [-0.2, -0.15) is 9.36 Å². The number of hydrogen-bond acceptors (Lipinski definition) is 5. The van der Waals surface area contributed by atoms with E-state index in [1.165, 1.54) is 11.5 Å². The van der Waals surface area contributed by atoms with E-state index in [2.05, 4.69) is 9.36 Å². The molecule has 0 aliphatic heterocycles. The first kappa shape index (κ1) is 12.8. The molecule has 5 heteroatoms. The molecule has 0 unspecified atom stereocenters. The highest BCUT2D eigenvalue weighted by molar-refractivity contribution is 7.07. The highest BCUT2D eigenvalue weighted by Crippen LogP contribution is 2.27. The Morgan fingerprint density at radius 2 is 1.89 bits per heavy atom. The van der Waals surface area contributed by atoms with Crippen molar-refractivity contribution < 1.29 is 9.47 Å². The SMILES string of the molecule is Cc1nsc(Oc2cccc(OC(C)(C)C)c2)n1. The third-order valence-corrected chi connectivity index (χ3v) is 2.63. The van der Waals surface area contributed by atoms with Gasteiger partial charge in [0.05, 0.1) is 0 Å². The molecule has 1 heterocycles. The Morgan fingerprint density at radius 1 is 1.17 bits per heavy atom. The number of ether oxygens (including phenoxy) is 2. The van der Waals surface area contributed by atoms with E-state index in [-0.39, 0.29) is 5.60 Å². The molecule has 2 rings (SSSR count). The molecular weight excluding hydrogens is 248 g/mol. The van der Waals surface area contributed by atoms with Crippen LogP contribution in [0.2, 0.25) is 0 Å². The summed E-state index contributed by atoms with van der Waals surface area (Å²) in [4.78, 5) is 4.15. The third kappa shape index (κ3) is 3.70. The summed E-state index contributed by atoms with van der Waals surface area (Å²) in [5.74, 6) is 2.20. The van der Waals surface area contributed by atoms with Crippen LogP contribution in [0.3, 0.4) is 0 Å². The number of benzene rings is 1. The van der Waals surface area contributed by atoms with Crippen molar-refractivity contribution in [2.45, 2.75) is 33.3 Å². The van der Waals surface area contributed by atoms with Crippen molar-refractivity contribution in [2.75, 3.05) is 0 Å². The van der Waals surface area contributed by atoms with E-state index in [1.54, 1.807) is 0 Å². The van der Waals surface area contributed by atoms with Gasteiger partial charge in [-0.1, -0.05) is 6.07 Å². The zero-order chi connectivity index (χ0) is 13.2. The van der Waals surface area contributed by atoms with Crippen LogP contribution in [-0.4, -0.2) is 15.0 Å². The Labute approximate surface area is 111 Å². The molecule has 96 valence electrons. The molecule has 0 spiro atoms. The maximum Gasteiger partial charge on any atom is 0.298 e. The minimum atomic E-state index is -0.224. The van der Waals surface area contributed by atoms with Crippen LogP contribution in [0.1, 0.15) is 26.6 Å². The van der Waals surface area contributed by atoms with Gasteiger partial charge in [0.1, 0.15) is 22.9 Å². The number of aryl methyl sites for hydroxylation is 1. The van der Waals surface area contributed by atoms with Crippen LogP contribution < -0.4 is 9.47 Å². The van der Waals surface area contributed by atoms with Gasteiger partial charge in [-0.3, -0.25) is 0 Å². The van der Waals surface area contributed by atoms with Gasteiger partial charge in [0.2, 0.25) is 0 Å². The van der Waals surface area contributed by atoms with E-state index in [0.29, 0.717) is 10.9 Å². The first-order valence-electron chi connectivity index (χ1n) is 5.70. The fraction of sp³-hybridized carbons (Fsp3) is 0.385. The Balaban J connectivity index is 2.12. The van der Waals surface area contributed by atoms with Gasteiger partial charge >= 0.3 is 0 Å². The molecule has 0 aliphatic carbocycles. The molecule has 0 saturated carbocycles. The fourth-order valence-electron chi connectivity index (χ4n) is 1.38. The van der Waals surface area contributed by atoms with Crippen LogP contribution in [0.15, 0.2) is 24.3 Å². The summed E-state index contributed by atoms with van der Waals surface area (Å²) in [6.45, 7) is 7.86. The smallest absolute Gasteiger partial charge is 0.298 e. The van der Waals surface area contributed by atoms with Crippen LogP contribution in [0.4, 0.5) is 0 Å². The second-order valence-electron chi connectivity index (χ2n) is 4.90. The molecule has 0 aliphatic rings. The van der Waals surface area contributed by atoms with Gasteiger partial charge in [-0.25, -0.2) is 0 Å². The molecule has 0 amide bonds. The van der Waals surface area contributed by atoms with E-state index >= 15 is 0 Å². The van der Waals surface area contributed by atoms with Crippen molar-refractivity contribution in [1.82, 2.24) is 9.36 Å². The predicted molar refractivity (Wildman–Crippen MR) is 71.5 cm³/mol. The highest BCUT2D eigenvalue weighted by Gasteiger charge is 2.12. The first-order valence-corrected chi connectivity index (χ1v) is 6.47. The number of hydrogen-bond donors (Lipinski definition) is 0. The van der Waals surface area contributed by atoms with E-state index in [1.807, 2.05) is 52.0 Å². The molecule has 0 atom stereocenters. The number of aromatic nitrogens is 2. The molecular formula is C13H16N2O2S. The Bertz CT molecular complexity index is 532. The van der Waals surface area contributed by atoms with Gasteiger partial charge in [0.25, 0.3) is 5.19 Å². The van der Waals surface area contributed by atoms with E-state index < -0.39 is 0 Å². The van der Waals surface area contributed by atoms with Crippen LogP contribution in [0.25, 0.3) is 0 Å². The molecule has 2 aromatic rings. The highest BCUT2D eigenvalue weighted by atomic mass is 32.1. The normalized spacial score (nSPS) is 11.3. The molecule has 0 fully saturated rings. The topological polar surface area (TPSA) is 44.2 Å². The van der Waals surface area contributed by atoms with Crippen molar-refractivity contribution in [1.29, 1.82) is 0 Å². The van der Waals surface area contributed by atoms with Gasteiger partial charge < -0.3 is 9.47 Å². The Hall–Kier alpha value is -1.62. The molecule has 18 heavy (non-hydrogen) atoms. The summed E-state index contributed by atoms with van der Waals surface area (Å²) in [7, 11) is 0. The number of nitrogens with zero attached hydrogens (tertiary/aromatic N) is 2. The van der Waals surface area contributed by atoms with Gasteiger partial charge in [0, 0.05) is 17.6 Å². The van der Waals surface area contributed by atoms with Crippen LogP contribution in [-0.2, 0) is 0 Å². The van der Waals surface area contributed by atoms with Crippen LogP contribution >= 0.6 is 11.5 Å². The van der Waals surface area contributed by atoms with Crippen molar-refractivity contribution in [3.8, 4) is 16.7 Å². The lowest BCUT2D eigenvalue weighted by molar-refractivity contribution is 0.130. The molecule has 4 nitrogen and oxygen atoms in total. The maximum atomic E-state index is 5.77. The minimum absolute atomic E-state index is 0.224. The van der Waals surface area contributed by atoms with Crippen LogP contribution in [0.5, 0.6) is 16.7 Å². The average Bonchev–Trinajstić information content (AvgIpc) is 2.62. The second-order valence-corrected chi connectivity index (χ2v) is 5.61. The summed E-state index contributed by atoms with van der Waals surface area (Å²) in [5, 5.41) is 0.542. The zero-order valence-corrected chi connectivity index (χ0v) is 11.7. The van der Waals surface area contributed by atoms with Crippen LogP contribution in [0, 0.1) is 6.92 Å². The predicted octanol–water partition coefficient (Wildman–Crippen LogP) is 3.82. The lowest BCUT2D eigenvalue weighted by Gasteiger charge is -2.21. The molecule has 0 N–H and O–H groups in total. The Kier molecular flexibility index (Phi) is 3.52. The minimum Gasteiger partial charge on any atom is -0.488 e. The molecule has 1 aromatic heterocycles. The average molecular weight is 264 g/mol. The lowest BCUT2D eigenvalue weighted by Crippen LogP contribution is -2.22. The molecule has 0 saturated heterocycles. The van der Waals surface area contributed by atoms with E-state index in [0.717, 1.165) is 11.6 Å². The standard InChI is InChI=1S/C13H16N2O2S/c1-9-14-12(18-15-9)16-10-6-5-7-11(8-10)17-13(2,3)4/h5-8H,1-4H3. The van der Waals surface area contributed by atoms with Crippen molar-refractivity contribution in [2.24, 2.45) is 0 Å². The van der Waals surface area contributed by atoms with Crippen molar-refractivity contribution >= 4 is 11.5 Å². The molecule has 1 aromatic carbocycles. The van der Waals surface area contributed by atoms with Crippen molar-refractivity contribution in [3.05, 3.63) is 30.1 Å².